The van der Waals surface area contributed by atoms with Crippen LogP contribution in [0.15, 0.2) is 24.3 Å². The lowest BCUT2D eigenvalue weighted by Crippen LogP contribution is -2.39. The Labute approximate surface area is 126 Å². The fraction of sp³-hybridized carbons (Fsp3) is 0.588. The molecule has 4 heteroatoms. The lowest BCUT2D eigenvalue weighted by atomic mass is 9.98. The highest BCUT2D eigenvalue weighted by molar-refractivity contribution is 5.92. The standard InChI is InChI=1S/C17H25N3O/c18-17(21)15-5-3-13(4-6-15)11-20(16-7-8-16)12-14-2-1-9-19-10-14/h3-6,14,16,19H,1-2,7-12H2,(H2,18,21). The molecule has 1 aromatic rings. The SMILES string of the molecule is NC(=O)c1ccc(CN(CC2CCCNC2)C2CC2)cc1. The number of nitrogens with two attached hydrogens (primary N) is 1. The number of hydrogen-bond acceptors (Lipinski definition) is 3. The van der Waals surface area contributed by atoms with Gasteiger partial charge in [0.2, 0.25) is 5.91 Å². The second-order valence-corrected chi connectivity index (χ2v) is 6.43. The van der Waals surface area contributed by atoms with E-state index in [1.54, 1.807) is 0 Å². The zero-order chi connectivity index (χ0) is 14.7. The molecule has 1 saturated carbocycles. The normalized spacial score (nSPS) is 22.4. The molecule has 1 aliphatic carbocycles. The highest BCUT2D eigenvalue weighted by Crippen LogP contribution is 2.30. The van der Waals surface area contributed by atoms with Gasteiger partial charge in [0.1, 0.15) is 0 Å². The molecule has 0 aromatic heterocycles. The van der Waals surface area contributed by atoms with E-state index >= 15 is 0 Å². The lowest BCUT2D eigenvalue weighted by molar-refractivity contribution is 0.100. The molecule has 3 N–H and O–H groups in total. The quantitative estimate of drug-likeness (QED) is 0.838. The van der Waals surface area contributed by atoms with Crippen LogP contribution in [-0.4, -0.2) is 36.5 Å². The van der Waals surface area contributed by atoms with Gasteiger partial charge in [0.05, 0.1) is 0 Å². The molecule has 0 spiro atoms. The largest absolute Gasteiger partial charge is 0.366 e. The van der Waals surface area contributed by atoms with Gasteiger partial charge in [-0.15, -0.1) is 0 Å². The number of carbonyl (C=O) groups excluding carboxylic acids is 1. The topological polar surface area (TPSA) is 58.4 Å². The number of hydrogen-bond donors (Lipinski definition) is 2. The molecule has 114 valence electrons. The first kappa shape index (κ1) is 14.5. The minimum absolute atomic E-state index is 0.353. The van der Waals surface area contributed by atoms with Gasteiger partial charge in [-0.05, 0) is 62.4 Å². The first-order valence-electron chi connectivity index (χ1n) is 8.06. The Morgan fingerprint density at radius 3 is 2.57 bits per heavy atom. The van der Waals surface area contributed by atoms with Gasteiger partial charge in [0.15, 0.2) is 0 Å². The lowest BCUT2D eigenvalue weighted by Gasteiger charge is -2.30. The van der Waals surface area contributed by atoms with Gasteiger partial charge >= 0.3 is 0 Å². The summed E-state index contributed by atoms with van der Waals surface area (Å²) in [5.74, 6) is 0.429. The van der Waals surface area contributed by atoms with Crippen LogP contribution in [-0.2, 0) is 6.54 Å². The van der Waals surface area contributed by atoms with Gasteiger partial charge in [0, 0.05) is 24.7 Å². The van der Waals surface area contributed by atoms with Crippen molar-refractivity contribution in [3.8, 4) is 0 Å². The molecular formula is C17H25N3O. The molecule has 3 rings (SSSR count). The molecule has 1 aliphatic heterocycles. The molecule has 21 heavy (non-hydrogen) atoms. The Bertz CT molecular complexity index is 475. The van der Waals surface area contributed by atoms with Crippen molar-refractivity contribution >= 4 is 5.91 Å². The summed E-state index contributed by atoms with van der Waals surface area (Å²) in [6, 6.07) is 8.52. The summed E-state index contributed by atoms with van der Waals surface area (Å²) in [4.78, 5) is 13.7. The van der Waals surface area contributed by atoms with E-state index in [1.165, 1.54) is 44.3 Å². The summed E-state index contributed by atoms with van der Waals surface area (Å²) in [7, 11) is 0. The van der Waals surface area contributed by atoms with Crippen molar-refractivity contribution in [1.29, 1.82) is 0 Å². The van der Waals surface area contributed by atoms with Crippen LogP contribution in [0.2, 0.25) is 0 Å². The van der Waals surface area contributed by atoms with E-state index in [1.807, 2.05) is 24.3 Å². The first-order chi connectivity index (χ1) is 10.2. The molecule has 0 radical (unpaired) electrons. The maximum atomic E-state index is 11.1. The van der Waals surface area contributed by atoms with Crippen LogP contribution in [0.4, 0.5) is 0 Å². The van der Waals surface area contributed by atoms with Gasteiger partial charge in [0.25, 0.3) is 0 Å². The van der Waals surface area contributed by atoms with Gasteiger partial charge in [-0.3, -0.25) is 9.69 Å². The number of primary amides is 1. The van der Waals surface area contributed by atoms with Crippen LogP contribution in [0.1, 0.15) is 41.6 Å². The smallest absolute Gasteiger partial charge is 0.248 e. The van der Waals surface area contributed by atoms with E-state index in [2.05, 4.69) is 10.2 Å². The summed E-state index contributed by atoms with van der Waals surface area (Å²) in [5, 5.41) is 3.51. The van der Waals surface area contributed by atoms with Crippen molar-refractivity contribution in [3.63, 3.8) is 0 Å². The van der Waals surface area contributed by atoms with E-state index in [-0.39, 0.29) is 5.91 Å². The Balaban J connectivity index is 1.60. The molecule has 2 aliphatic rings. The summed E-state index contributed by atoms with van der Waals surface area (Å²) >= 11 is 0. The molecule has 4 nitrogen and oxygen atoms in total. The highest BCUT2D eigenvalue weighted by Gasteiger charge is 2.30. The average Bonchev–Trinajstić information content (AvgIpc) is 3.33. The molecule has 0 bridgehead atoms. The van der Waals surface area contributed by atoms with Crippen LogP contribution >= 0.6 is 0 Å². The fourth-order valence-corrected chi connectivity index (χ4v) is 3.20. The van der Waals surface area contributed by atoms with E-state index < -0.39 is 0 Å². The van der Waals surface area contributed by atoms with Crippen LogP contribution < -0.4 is 11.1 Å². The molecule has 1 atom stereocenters. The molecule has 2 fully saturated rings. The Morgan fingerprint density at radius 2 is 2.00 bits per heavy atom. The van der Waals surface area contributed by atoms with Crippen LogP contribution in [0.25, 0.3) is 0 Å². The van der Waals surface area contributed by atoms with Crippen molar-refractivity contribution in [3.05, 3.63) is 35.4 Å². The first-order valence-corrected chi connectivity index (χ1v) is 8.06. The second kappa shape index (κ2) is 6.58. The van der Waals surface area contributed by atoms with E-state index in [4.69, 9.17) is 5.73 Å². The highest BCUT2D eigenvalue weighted by atomic mass is 16.1. The van der Waals surface area contributed by atoms with Crippen molar-refractivity contribution in [1.82, 2.24) is 10.2 Å². The fourth-order valence-electron chi connectivity index (χ4n) is 3.20. The average molecular weight is 287 g/mol. The zero-order valence-electron chi connectivity index (χ0n) is 12.6. The number of piperidine rings is 1. The predicted molar refractivity (Wildman–Crippen MR) is 84.0 cm³/mol. The number of carbonyl (C=O) groups is 1. The Hall–Kier alpha value is -1.39. The van der Waals surface area contributed by atoms with Crippen molar-refractivity contribution in [2.75, 3.05) is 19.6 Å². The van der Waals surface area contributed by atoms with Crippen molar-refractivity contribution in [2.24, 2.45) is 11.7 Å². The summed E-state index contributed by atoms with van der Waals surface area (Å²) in [6.45, 7) is 4.51. The number of amides is 1. The third-order valence-electron chi connectivity index (χ3n) is 4.58. The number of rotatable bonds is 6. The molecule has 1 saturated heterocycles. The second-order valence-electron chi connectivity index (χ2n) is 6.43. The van der Waals surface area contributed by atoms with Gasteiger partial charge < -0.3 is 11.1 Å². The molecule has 1 amide bonds. The Morgan fingerprint density at radius 1 is 1.24 bits per heavy atom. The number of benzene rings is 1. The third-order valence-corrected chi connectivity index (χ3v) is 4.58. The monoisotopic (exact) mass is 287 g/mol. The van der Waals surface area contributed by atoms with Crippen molar-refractivity contribution in [2.45, 2.75) is 38.3 Å². The van der Waals surface area contributed by atoms with Crippen LogP contribution in [0.5, 0.6) is 0 Å². The van der Waals surface area contributed by atoms with E-state index in [9.17, 15) is 4.79 Å². The maximum absolute atomic E-state index is 11.1. The Kier molecular flexibility index (Phi) is 4.56. The molecule has 1 unspecified atom stereocenters. The third kappa shape index (κ3) is 4.05. The summed E-state index contributed by atoms with van der Waals surface area (Å²) < 4.78 is 0. The van der Waals surface area contributed by atoms with Gasteiger partial charge in [-0.1, -0.05) is 12.1 Å². The molecule has 1 aromatic carbocycles. The van der Waals surface area contributed by atoms with Crippen LogP contribution in [0, 0.1) is 5.92 Å². The minimum atomic E-state index is -0.353. The van der Waals surface area contributed by atoms with Gasteiger partial charge in [-0.25, -0.2) is 0 Å². The predicted octanol–water partition coefficient (Wildman–Crippen LogP) is 1.75. The molecular weight excluding hydrogens is 262 g/mol. The number of nitrogens with one attached hydrogen (secondary N) is 1. The van der Waals surface area contributed by atoms with Crippen molar-refractivity contribution < 1.29 is 4.79 Å². The maximum Gasteiger partial charge on any atom is 0.248 e. The summed E-state index contributed by atoms with van der Waals surface area (Å²) in [5.41, 5.74) is 7.16. The molecule has 1 heterocycles. The van der Waals surface area contributed by atoms with Crippen LogP contribution in [0.3, 0.4) is 0 Å². The summed E-state index contributed by atoms with van der Waals surface area (Å²) in [6.07, 6.45) is 5.31. The number of nitrogens with zero attached hydrogens (tertiary/aromatic N) is 1. The zero-order valence-corrected chi connectivity index (χ0v) is 12.6. The van der Waals surface area contributed by atoms with E-state index in [0.717, 1.165) is 25.0 Å². The minimum Gasteiger partial charge on any atom is -0.366 e. The van der Waals surface area contributed by atoms with Gasteiger partial charge in [-0.2, -0.15) is 0 Å². The van der Waals surface area contributed by atoms with E-state index in [0.29, 0.717) is 5.56 Å².